The first-order valence-corrected chi connectivity index (χ1v) is 7.44. The number of carbonyl (C=O) groups excluding carboxylic acids is 1. The van der Waals surface area contributed by atoms with Gasteiger partial charge in [-0.1, -0.05) is 13.8 Å². The zero-order valence-electron chi connectivity index (χ0n) is 11.7. The van der Waals surface area contributed by atoms with Gasteiger partial charge >= 0.3 is 0 Å². The van der Waals surface area contributed by atoms with Crippen molar-refractivity contribution >= 4 is 22.3 Å². The Balaban J connectivity index is 0. The van der Waals surface area contributed by atoms with E-state index in [1.165, 1.54) is 0 Å². The molecule has 8 nitrogen and oxygen atoms in total. The Kier molecular flexibility index (Phi) is 11.9. The lowest BCUT2D eigenvalue weighted by Gasteiger charge is -1.96. The highest BCUT2D eigenvalue weighted by Crippen LogP contribution is 2.00. The fraction of sp³-hybridized carbons (Fsp3) is 0.600. The van der Waals surface area contributed by atoms with Crippen LogP contribution in [-0.4, -0.2) is 44.4 Å². The summed E-state index contributed by atoms with van der Waals surface area (Å²) in [6.07, 6.45) is 0.116. The van der Waals surface area contributed by atoms with Crippen molar-refractivity contribution < 1.29 is 13.2 Å². The predicted octanol–water partition coefficient (Wildman–Crippen LogP) is -0.193. The maximum absolute atomic E-state index is 10.4. The number of nitrogens with one attached hydrogen (secondary N) is 3. The largest absolute Gasteiger partial charge is 0.372 e. The van der Waals surface area contributed by atoms with E-state index in [9.17, 15) is 13.2 Å². The molecule has 0 aliphatic rings. The number of nitrogens with zero attached hydrogens (tertiary/aromatic N) is 1. The number of carbonyl (C=O) groups is 1. The summed E-state index contributed by atoms with van der Waals surface area (Å²) in [5, 5.41) is 9.61. The number of aryl methyl sites for hydroxylation is 1. The lowest BCUT2D eigenvalue weighted by atomic mass is 10.5. The molecule has 0 aromatic carbocycles. The van der Waals surface area contributed by atoms with E-state index in [2.05, 4.69) is 15.5 Å². The van der Waals surface area contributed by atoms with Crippen molar-refractivity contribution in [2.75, 3.05) is 24.7 Å². The minimum absolute atomic E-state index is 0.0170. The zero-order valence-corrected chi connectivity index (χ0v) is 12.5. The summed E-state index contributed by atoms with van der Waals surface area (Å²) in [5.41, 5.74) is 5.99. The third-order valence-corrected chi connectivity index (χ3v) is 2.80. The van der Waals surface area contributed by atoms with E-state index in [1.54, 1.807) is 4.72 Å². The number of anilines is 1. The topological polar surface area (TPSA) is 130 Å². The van der Waals surface area contributed by atoms with Crippen molar-refractivity contribution in [1.29, 1.82) is 0 Å². The number of nitrogens with two attached hydrogens (primary N) is 1. The maximum atomic E-state index is 10.4. The highest BCUT2D eigenvalue weighted by Gasteiger charge is 2.04. The maximum Gasteiger partial charge on any atom is 0.235 e. The zero-order chi connectivity index (χ0) is 15.3. The van der Waals surface area contributed by atoms with Crippen LogP contribution in [0.3, 0.4) is 0 Å². The molecular weight excluding hydrogens is 270 g/mol. The average molecular weight is 293 g/mol. The van der Waals surface area contributed by atoms with Crippen molar-refractivity contribution in [3.8, 4) is 0 Å². The van der Waals surface area contributed by atoms with Crippen LogP contribution in [0.25, 0.3) is 0 Å². The first-order valence-electron chi connectivity index (χ1n) is 5.78. The second-order valence-electron chi connectivity index (χ2n) is 3.03. The molecule has 1 aromatic heterocycles. The Labute approximate surface area is 114 Å². The van der Waals surface area contributed by atoms with Gasteiger partial charge in [0.1, 0.15) is 5.82 Å². The molecule has 1 rings (SSSR count). The lowest BCUT2D eigenvalue weighted by molar-refractivity contribution is -0.108. The van der Waals surface area contributed by atoms with Crippen molar-refractivity contribution in [2.45, 2.75) is 20.8 Å². The van der Waals surface area contributed by atoms with E-state index in [0.717, 1.165) is 11.5 Å². The van der Waals surface area contributed by atoms with Crippen molar-refractivity contribution in [2.24, 2.45) is 5.73 Å². The number of hydrogen-bond donors (Lipinski definition) is 4. The first kappa shape index (κ1) is 19.7. The number of H-pyrrole nitrogens is 1. The van der Waals surface area contributed by atoms with Crippen LogP contribution in [0.15, 0.2) is 6.07 Å². The fourth-order valence-electron chi connectivity index (χ4n) is 0.833. The predicted molar refractivity (Wildman–Crippen MR) is 76.3 cm³/mol. The minimum Gasteiger partial charge on any atom is -0.372 e. The summed E-state index contributed by atoms with van der Waals surface area (Å²) in [6.45, 7) is 5.98. The Bertz CT molecular complexity index is 430. The van der Waals surface area contributed by atoms with Crippen LogP contribution in [0.4, 0.5) is 5.82 Å². The molecule has 0 fully saturated rings. The highest BCUT2D eigenvalue weighted by molar-refractivity contribution is 7.89. The van der Waals surface area contributed by atoms with E-state index >= 15 is 0 Å². The van der Waals surface area contributed by atoms with E-state index in [-0.39, 0.29) is 18.7 Å². The molecule has 0 atom stereocenters. The molecule has 0 saturated carbocycles. The normalized spacial score (nSPS) is 9.32. The van der Waals surface area contributed by atoms with Gasteiger partial charge in [-0.25, -0.2) is 8.42 Å². The van der Waals surface area contributed by atoms with Gasteiger partial charge in [0.15, 0.2) is 0 Å². The van der Waals surface area contributed by atoms with E-state index in [0.29, 0.717) is 0 Å². The van der Waals surface area contributed by atoms with E-state index in [1.807, 2.05) is 33.9 Å². The molecule has 9 heteroatoms. The Hall–Kier alpha value is -1.61. The average Bonchev–Trinajstić information content (AvgIpc) is 2.78. The molecule has 1 heterocycles. The number of amides is 1. The molecule has 19 heavy (non-hydrogen) atoms. The Morgan fingerprint density at radius 3 is 2.32 bits per heavy atom. The summed E-state index contributed by atoms with van der Waals surface area (Å²) < 4.78 is 22.5. The number of sulfonamides is 1. The van der Waals surface area contributed by atoms with Gasteiger partial charge < -0.3 is 11.1 Å². The van der Waals surface area contributed by atoms with Gasteiger partial charge in [-0.2, -0.15) is 5.10 Å². The molecule has 0 spiro atoms. The van der Waals surface area contributed by atoms with Gasteiger partial charge in [-0.15, -0.1) is 0 Å². The summed E-state index contributed by atoms with van der Waals surface area (Å²) in [5.74, 6) is 0.675. The fourth-order valence-corrected chi connectivity index (χ4v) is 1.41. The van der Waals surface area contributed by atoms with Gasteiger partial charge in [-0.05, 0) is 6.92 Å². The third-order valence-electron chi connectivity index (χ3n) is 1.58. The number of aromatic nitrogens is 2. The highest BCUT2D eigenvalue weighted by atomic mass is 32.2. The smallest absolute Gasteiger partial charge is 0.235 e. The minimum atomic E-state index is -3.42. The molecule has 0 saturated heterocycles. The van der Waals surface area contributed by atoms with Crippen molar-refractivity contribution in [1.82, 2.24) is 14.9 Å². The van der Waals surface area contributed by atoms with Crippen LogP contribution in [0.5, 0.6) is 0 Å². The quantitative estimate of drug-likeness (QED) is 0.557. The molecule has 0 unspecified atom stereocenters. The third kappa shape index (κ3) is 11.2. The van der Waals surface area contributed by atoms with Gasteiger partial charge in [0, 0.05) is 25.4 Å². The van der Waals surface area contributed by atoms with Crippen LogP contribution >= 0.6 is 0 Å². The Morgan fingerprint density at radius 2 is 2.05 bits per heavy atom. The molecule has 0 aliphatic heterocycles. The van der Waals surface area contributed by atoms with E-state index in [4.69, 9.17) is 5.73 Å². The SMILES string of the molecule is CC.CNc1cc(C)[nH]n1.NCCS(=O)(=O)NC=O. The second-order valence-corrected chi connectivity index (χ2v) is 4.90. The molecule has 1 aromatic rings. The van der Waals surface area contributed by atoms with Crippen LogP contribution in [-0.2, 0) is 14.8 Å². The molecule has 112 valence electrons. The van der Waals surface area contributed by atoms with Crippen LogP contribution in [0, 0.1) is 6.92 Å². The van der Waals surface area contributed by atoms with Gasteiger partial charge in [0.05, 0.1) is 5.75 Å². The molecular formula is C10H23N5O3S. The molecule has 1 amide bonds. The van der Waals surface area contributed by atoms with Crippen molar-refractivity contribution in [3.63, 3.8) is 0 Å². The second kappa shape index (κ2) is 11.5. The molecule has 0 aliphatic carbocycles. The Morgan fingerprint density at radius 1 is 1.47 bits per heavy atom. The van der Waals surface area contributed by atoms with Crippen LogP contribution < -0.4 is 15.8 Å². The first-order chi connectivity index (χ1) is 8.95. The lowest BCUT2D eigenvalue weighted by Crippen LogP contribution is -2.28. The van der Waals surface area contributed by atoms with Gasteiger partial charge in [0.25, 0.3) is 0 Å². The monoisotopic (exact) mass is 293 g/mol. The molecule has 0 radical (unpaired) electrons. The summed E-state index contributed by atoms with van der Waals surface area (Å²) >= 11 is 0. The standard InChI is InChI=1S/C5H9N3.C3H8N2O3S.C2H6/c1-4-3-5(6-2)8-7-4;4-1-2-9(7,8)5-3-6;1-2/h3H,1-2H3,(H2,6,7,8);3H,1-2,4H2,(H,5,6);1-2H3. The molecule has 0 bridgehead atoms. The van der Waals surface area contributed by atoms with E-state index < -0.39 is 10.0 Å². The summed E-state index contributed by atoms with van der Waals surface area (Å²) in [7, 11) is -1.58. The number of hydrogen-bond acceptors (Lipinski definition) is 6. The summed E-state index contributed by atoms with van der Waals surface area (Å²) in [6, 6.07) is 1.94. The van der Waals surface area contributed by atoms with Crippen molar-refractivity contribution in [3.05, 3.63) is 11.8 Å². The number of aromatic amines is 1. The summed E-state index contributed by atoms with van der Waals surface area (Å²) in [4.78, 5) is 9.56. The number of rotatable bonds is 5. The van der Waals surface area contributed by atoms with Gasteiger partial charge in [-0.3, -0.25) is 14.6 Å². The molecule has 5 N–H and O–H groups in total. The van der Waals surface area contributed by atoms with Crippen LogP contribution in [0.1, 0.15) is 19.5 Å². The van der Waals surface area contributed by atoms with Gasteiger partial charge in [0.2, 0.25) is 16.4 Å². The van der Waals surface area contributed by atoms with Crippen LogP contribution in [0.2, 0.25) is 0 Å².